The lowest BCUT2D eigenvalue weighted by atomic mass is 10.1. The van der Waals surface area contributed by atoms with Crippen LogP contribution in [-0.4, -0.2) is 19.2 Å². The van der Waals surface area contributed by atoms with Gasteiger partial charge in [0.1, 0.15) is 5.75 Å². The van der Waals surface area contributed by atoms with E-state index in [9.17, 15) is 4.79 Å². The second-order valence-corrected chi connectivity index (χ2v) is 4.56. The third kappa shape index (κ3) is 4.05. The van der Waals surface area contributed by atoms with Gasteiger partial charge >= 0.3 is 6.03 Å². The molecule has 1 unspecified atom stereocenters. The smallest absolute Gasteiger partial charge is 0.319 e. The summed E-state index contributed by atoms with van der Waals surface area (Å²) in [6.45, 7) is 1.95. The molecule has 1 atom stereocenters. The molecule has 1 heterocycles. The van der Waals surface area contributed by atoms with E-state index in [0.29, 0.717) is 0 Å². The van der Waals surface area contributed by atoms with E-state index in [1.165, 1.54) is 0 Å². The number of nitrogens with one attached hydrogen (secondary N) is 2. The molecule has 2 amide bonds. The highest BCUT2D eigenvalue weighted by Gasteiger charge is 2.09. The first-order chi connectivity index (χ1) is 9.67. The lowest BCUT2D eigenvalue weighted by Gasteiger charge is -2.14. The van der Waals surface area contributed by atoms with Crippen LogP contribution in [0.3, 0.4) is 0 Å². The van der Waals surface area contributed by atoms with Crippen LogP contribution in [0.15, 0.2) is 47.3 Å². The van der Waals surface area contributed by atoms with Crippen molar-refractivity contribution in [3.05, 3.63) is 48.4 Å². The molecule has 0 aliphatic rings. The third-order valence-corrected chi connectivity index (χ3v) is 2.85. The number of ether oxygens (including phenoxy) is 1. The fourth-order valence-corrected chi connectivity index (χ4v) is 1.88. The standard InChI is InChI=1S/C15H18N2O3/c1-11(9-12-7-8-20-10-12)16-15(18)17-13-3-5-14(19-2)6-4-13/h3-8,10-11H,9H2,1-2H3,(H2,16,17,18). The number of benzene rings is 1. The van der Waals surface area contributed by atoms with Gasteiger partial charge in [-0.3, -0.25) is 0 Å². The van der Waals surface area contributed by atoms with Gasteiger partial charge in [0.05, 0.1) is 19.6 Å². The Morgan fingerprint density at radius 1 is 1.30 bits per heavy atom. The topological polar surface area (TPSA) is 63.5 Å². The fourth-order valence-electron chi connectivity index (χ4n) is 1.88. The second-order valence-electron chi connectivity index (χ2n) is 4.56. The average Bonchev–Trinajstić information content (AvgIpc) is 2.92. The molecule has 2 N–H and O–H groups in total. The normalized spacial score (nSPS) is 11.7. The van der Waals surface area contributed by atoms with Crippen LogP contribution in [0.2, 0.25) is 0 Å². The second kappa shape index (κ2) is 6.65. The van der Waals surface area contributed by atoms with E-state index in [1.54, 1.807) is 43.9 Å². The van der Waals surface area contributed by atoms with Crippen LogP contribution in [0.1, 0.15) is 12.5 Å². The number of carbonyl (C=O) groups excluding carboxylic acids is 1. The Kier molecular flexibility index (Phi) is 4.65. The summed E-state index contributed by atoms with van der Waals surface area (Å²) in [6, 6.07) is 8.85. The zero-order valence-electron chi connectivity index (χ0n) is 11.6. The van der Waals surface area contributed by atoms with E-state index in [0.717, 1.165) is 23.4 Å². The van der Waals surface area contributed by atoms with Gasteiger partial charge in [0.25, 0.3) is 0 Å². The molecular weight excluding hydrogens is 256 g/mol. The van der Waals surface area contributed by atoms with Gasteiger partial charge in [-0.1, -0.05) is 0 Å². The molecule has 1 aromatic carbocycles. The van der Waals surface area contributed by atoms with Crippen LogP contribution in [0.25, 0.3) is 0 Å². The van der Waals surface area contributed by atoms with E-state index in [-0.39, 0.29) is 12.1 Å². The maximum absolute atomic E-state index is 11.8. The maximum Gasteiger partial charge on any atom is 0.319 e. The van der Waals surface area contributed by atoms with Crippen LogP contribution < -0.4 is 15.4 Å². The molecule has 0 saturated heterocycles. The zero-order chi connectivity index (χ0) is 14.4. The average molecular weight is 274 g/mol. The highest BCUT2D eigenvalue weighted by molar-refractivity contribution is 5.89. The maximum atomic E-state index is 11.8. The van der Waals surface area contributed by atoms with Crippen LogP contribution >= 0.6 is 0 Å². The van der Waals surface area contributed by atoms with Crippen LogP contribution in [-0.2, 0) is 6.42 Å². The minimum absolute atomic E-state index is 0.0193. The van der Waals surface area contributed by atoms with Crippen molar-refractivity contribution < 1.29 is 13.9 Å². The van der Waals surface area contributed by atoms with Crippen molar-refractivity contribution in [2.75, 3.05) is 12.4 Å². The highest BCUT2D eigenvalue weighted by atomic mass is 16.5. The Morgan fingerprint density at radius 2 is 2.05 bits per heavy atom. The lowest BCUT2D eigenvalue weighted by molar-refractivity contribution is 0.249. The van der Waals surface area contributed by atoms with E-state index in [1.807, 2.05) is 13.0 Å². The Bertz CT molecular complexity index is 535. The molecular formula is C15H18N2O3. The molecule has 5 nitrogen and oxygen atoms in total. The Hall–Kier alpha value is -2.43. The Balaban J connectivity index is 1.82. The molecule has 20 heavy (non-hydrogen) atoms. The number of rotatable bonds is 5. The largest absolute Gasteiger partial charge is 0.497 e. The molecule has 1 aromatic heterocycles. The molecule has 0 bridgehead atoms. The Labute approximate surface area is 117 Å². The summed E-state index contributed by atoms with van der Waals surface area (Å²) in [5, 5.41) is 5.65. The summed E-state index contributed by atoms with van der Waals surface area (Å²) >= 11 is 0. The Morgan fingerprint density at radius 3 is 2.65 bits per heavy atom. The van der Waals surface area contributed by atoms with Gasteiger partial charge < -0.3 is 19.8 Å². The van der Waals surface area contributed by atoms with E-state index in [2.05, 4.69) is 10.6 Å². The van der Waals surface area contributed by atoms with Crippen molar-refractivity contribution in [3.8, 4) is 5.75 Å². The molecule has 0 saturated carbocycles. The van der Waals surface area contributed by atoms with Crippen LogP contribution in [0.4, 0.5) is 10.5 Å². The number of urea groups is 1. The fraction of sp³-hybridized carbons (Fsp3) is 0.267. The van der Waals surface area contributed by atoms with Gasteiger partial charge in [0.15, 0.2) is 0 Å². The minimum atomic E-state index is -0.230. The van der Waals surface area contributed by atoms with E-state index in [4.69, 9.17) is 9.15 Å². The summed E-state index contributed by atoms with van der Waals surface area (Å²) in [5.41, 5.74) is 1.78. The summed E-state index contributed by atoms with van der Waals surface area (Å²) < 4.78 is 10.1. The van der Waals surface area contributed by atoms with E-state index < -0.39 is 0 Å². The van der Waals surface area contributed by atoms with Crippen molar-refractivity contribution in [1.29, 1.82) is 0 Å². The molecule has 0 fully saturated rings. The SMILES string of the molecule is COc1ccc(NC(=O)NC(C)Cc2ccoc2)cc1. The summed E-state index contributed by atoms with van der Waals surface area (Å²) in [6.07, 6.45) is 4.03. The number of methoxy groups -OCH3 is 1. The number of carbonyl (C=O) groups is 1. The number of furan rings is 1. The summed E-state index contributed by atoms with van der Waals surface area (Å²) in [4.78, 5) is 11.8. The molecule has 5 heteroatoms. The quantitative estimate of drug-likeness (QED) is 0.880. The molecule has 2 aromatic rings. The predicted molar refractivity (Wildman–Crippen MR) is 77.0 cm³/mol. The number of anilines is 1. The van der Waals surface area contributed by atoms with Gasteiger partial charge in [-0.15, -0.1) is 0 Å². The molecule has 0 aliphatic heterocycles. The molecule has 0 radical (unpaired) electrons. The molecule has 106 valence electrons. The first-order valence-corrected chi connectivity index (χ1v) is 6.40. The van der Waals surface area contributed by atoms with Crippen molar-refractivity contribution >= 4 is 11.7 Å². The van der Waals surface area contributed by atoms with Gasteiger partial charge in [-0.2, -0.15) is 0 Å². The number of amides is 2. The molecule has 0 spiro atoms. The van der Waals surface area contributed by atoms with Gasteiger partial charge in [-0.05, 0) is 49.2 Å². The summed E-state index contributed by atoms with van der Waals surface area (Å²) in [7, 11) is 1.60. The molecule has 2 rings (SSSR count). The van der Waals surface area contributed by atoms with Crippen LogP contribution in [0.5, 0.6) is 5.75 Å². The van der Waals surface area contributed by atoms with Crippen molar-refractivity contribution in [2.24, 2.45) is 0 Å². The van der Waals surface area contributed by atoms with Crippen molar-refractivity contribution in [1.82, 2.24) is 5.32 Å². The minimum Gasteiger partial charge on any atom is -0.497 e. The predicted octanol–water partition coefficient (Wildman–Crippen LogP) is 3.04. The summed E-state index contributed by atoms with van der Waals surface area (Å²) in [5.74, 6) is 0.754. The zero-order valence-corrected chi connectivity index (χ0v) is 11.6. The van der Waals surface area contributed by atoms with E-state index >= 15 is 0 Å². The first kappa shape index (κ1) is 14.0. The number of hydrogen-bond donors (Lipinski definition) is 2. The van der Waals surface area contributed by atoms with Gasteiger partial charge in [-0.25, -0.2) is 4.79 Å². The first-order valence-electron chi connectivity index (χ1n) is 6.40. The van der Waals surface area contributed by atoms with Crippen molar-refractivity contribution in [2.45, 2.75) is 19.4 Å². The monoisotopic (exact) mass is 274 g/mol. The van der Waals surface area contributed by atoms with Crippen LogP contribution in [0, 0.1) is 0 Å². The van der Waals surface area contributed by atoms with Gasteiger partial charge in [0, 0.05) is 11.7 Å². The third-order valence-electron chi connectivity index (χ3n) is 2.85. The van der Waals surface area contributed by atoms with Crippen molar-refractivity contribution in [3.63, 3.8) is 0 Å². The molecule has 0 aliphatic carbocycles. The lowest BCUT2D eigenvalue weighted by Crippen LogP contribution is -2.37. The highest BCUT2D eigenvalue weighted by Crippen LogP contribution is 2.14. The number of hydrogen-bond acceptors (Lipinski definition) is 3. The van der Waals surface area contributed by atoms with Gasteiger partial charge in [0.2, 0.25) is 0 Å².